The van der Waals surface area contributed by atoms with Crippen molar-refractivity contribution in [2.45, 2.75) is 25.5 Å². The number of nitrogens with zero attached hydrogens (tertiary/aromatic N) is 2. The molecule has 1 fully saturated rings. The third-order valence-electron chi connectivity index (χ3n) is 3.39. The molecule has 2 aromatic rings. The van der Waals surface area contributed by atoms with Crippen molar-refractivity contribution in [3.63, 3.8) is 0 Å². The summed E-state index contributed by atoms with van der Waals surface area (Å²) in [5, 5.41) is 12.0. The summed E-state index contributed by atoms with van der Waals surface area (Å²) in [6, 6.07) is 7.08. The number of aromatic nitrogens is 1. The lowest BCUT2D eigenvalue weighted by Crippen LogP contribution is -2.14. The molecule has 0 spiro atoms. The lowest BCUT2D eigenvalue weighted by atomic mass is 10.2. The van der Waals surface area contributed by atoms with E-state index in [0.29, 0.717) is 12.1 Å². The van der Waals surface area contributed by atoms with Crippen molar-refractivity contribution >= 4 is 16.6 Å². The van der Waals surface area contributed by atoms with E-state index in [-0.39, 0.29) is 16.7 Å². The summed E-state index contributed by atoms with van der Waals surface area (Å²) in [4.78, 5) is 10.7. The molecule has 1 atom stereocenters. The quantitative estimate of drug-likeness (QED) is 0.618. The molecule has 94 valence electrons. The van der Waals surface area contributed by atoms with Gasteiger partial charge in [0.15, 0.2) is 0 Å². The Labute approximate surface area is 104 Å². The van der Waals surface area contributed by atoms with Gasteiger partial charge in [-0.2, -0.15) is 0 Å². The Morgan fingerprint density at radius 1 is 1.44 bits per heavy atom. The Hall–Kier alpha value is -1.88. The van der Waals surface area contributed by atoms with E-state index in [0.717, 1.165) is 24.8 Å². The monoisotopic (exact) mass is 246 g/mol. The van der Waals surface area contributed by atoms with Crippen LogP contribution in [0.15, 0.2) is 30.5 Å². The largest absolute Gasteiger partial charge is 0.376 e. The smallest absolute Gasteiger partial charge is 0.293 e. The van der Waals surface area contributed by atoms with Gasteiger partial charge in [-0.05, 0) is 18.9 Å². The van der Waals surface area contributed by atoms with Crippen molar-refractivity contribution in [1.29, 1.82) is 0 Å². The van der Waals surface area contributed by atoms with Gasteiger partial charge in [0.25, 0.3) is 5.69 Å². The number of hydrogen-bond acceptors (Lipinski definition) is 3. The van der Waals surface area contributed by atoms with E-state index < -0.39 is 0 Å². The maximum atomic E-state index is 11.1. The molecular weight excluding hydrogens is 232 g/mol. The Kier molecular flexibility index (Phi) is 2.76. The first-order valence-electron chi connectivity index (χ1n) is 6.09. The fourth-order valence-corrected chi connectivity index (χ4v) is 2.55. The summed E-state index contributed by atoms with van der Waals surface area (Å²) in [5.41, 5.74) is 0.855. The van der Waals surface area contributed by atoms with Gasteiger partial charge in [-0.3, -0.25) is 10.1 Å². The minimum Gasteiger partial charge on any atom is -0.376 e. The number of nitro groups is 1. The number of rotatable bonds is 3. The molecule has 1 aromatic heterocycles. The van der Waals surface area contributed by atoms with E-state index >= 15 is 0 Å². The average molecular weight is 246 g/mol. The zero-order valence-electron chi connectivity index (χ0n) is 9.91. The highest BCUT2D eigenvalue weighted by Gasteiger charge is 2.20. The van der Waals surface area contributed by atoms with Crippen molar-refractivity contribution < 1.29 is 9.66 Å². The molecule has 0 radical (unpaired) electrons. The second-order valence-corrected chi connectivity index (χ2v) is 4.58. The van der Waals surface area contributed by atoms with Crippen molar-refractivity contribution in [2.24, 2.45) is 0 Å². The summed E-state index contributed by atoms with van der Waals surface area (Å²) in [6.45, 7) is 1.49. The van der Waals surface area contributed by atoms with Crippen LogP contribution in [0.2, 0.25) is 0 Å². The van der Waals surface area contributed by atoms with Crippen molar-refractivity contribution in [1.82, 2.24) is 4.57 Å². The van der Waals surface area contributed by atoms with Crippen LogP contribution in [0.5, 0.6) is 0 Å². The number of nitro benzene ring substituents is 1. The predicted molar refractivity (Wildman–Crippen MR) is 67.6 cm³/mol. The van der Waals surface area contributed by atoms with Crippen LogP contribution in [0.1, 0.15) is 12.8 Å². The Bertz CT molecular complexity index is 585. The highest BCUT2D eigenvalue weighted by atomic mass is 16.6. The molecule has 0 saturated carbocycles. The van der Waals surface area contributed by atoms with Crippen LogP contribution in [0, 0.1) is 10.1 Å². The van der Waals surface area contributed by atoms with Gasteiger partial charge < -0.3 is 9.30 Å². The summed E-state index contributed by atoms with van der Waals surface area (Å²) in [5.74, 6) is 0. The highest BCUT2D eigenvalue weighted by Crippen LogP contribution is 2.27. The topological polar surface area (TPSA) is 57.3 Å². The second-order valence-electron chi connectivity index (χ2n) is 4.58. The van der Waals surface area contributed by atoms with Gasteiger partial charge in [0, 0.05) is 30.8 Å². The van der Waals surface area contributed by atoms with Crippen LogP contribution in [-0.2, 0) is 11.3 Å². The van der Waals surface area contributed by atoms with Gasteiger partial charge in [-0.15, -0.1) is 0 Å². The lowest BCUT2D eigenvalue weighted by molar-refractivity contribution is -0.383. The number of non-ortho nitro benzene ring substituents is 1. The highest BCUT2D eigenvalue weighted by molar-refractivity contribution is 5.88. The van der Waals surface area contributed by atoms with E-state index in [2.05, 4.69) is 0 Å². The Morgan fingerprint density at radius 2 is 2.33 bits per heavy atom. The molecule has 5 heteroatoms. The number of fused-ring (bicyclic) bond motifs is 1. The SMILES string of the molecule is O=[N+]([O-])c1cccc2ccn(CC3CCCO3)c12. The van der Waals surface area contributed by atoms with E-state index in [4.69, 9.17) is 4.74 Å². The number of para-hydroxylation sites is 1. The molecule has 3 rings (SSSR count). The minimum absolute atomic E-state index is 0.162. The van der Waals surface area contributed by atoms with Crippen molar-refractivity contribution in [3.8, 4) is 0 Å². The van der Waals surface area contributed by atoms with E-state index in [9.17, 15) is 10.1 Å². The Balaban J connectivity index is 2.03. The molecule has 0 bridgehead atoms. The zero-order chi connectivity index (χ0) is 12.5. The second kappa shape index (κ2) is 4.42. The summed E-state index contributed by atoms with van der Waals surface area (Å²) >= 11 is 0. The number of ether oxygens (including phenoxy) is 1. The van der Waals surface area contributed by atoms with Crippen molar-refractivity contribution in [2.75, 3.05) is 6.61 Å². The van der Waals surface area contributed by atoms with Crippen LogP contribution in [-0.4, -0.2) is 22.2 Å². The predicted octanol–water partition coefficient (Wildman–Crippen LogP) is 2.73. The molecule has 1 aliphatic rings. The number of hydrogen-bond donors (Lipinski definition) is 0. The molecular formula is C13H14N2O3. The van der Waals surface area contributed by atoms with E-state index in [1.54, 1.807) is 12.1 Å². The standard InChI is InChI=1S/C13H14N2O3/c16-15(17)12-5-1-3-10-6-7-14(13(10)12)9-11-4-2-8-18-11/h1,3,5-7,11H,2,4,8-9H2. The van der Waals surface area contributed by atoms with E-state index in [1.165, 1.54) is 0 Å². The third-order valence-corrected chi connectivity index (χ3v) is 3.39. The molecule has 1 aromatic carbocycles. The molecule has 18 heavy (non-hydrogen) atoms. The first-order chi connectivity index (χ1) is 8.75. The molecule has 2 heterocycles. The number of benzene rings is 1. The van der Waals surface area contributed by atoms with Crippen LogP contribution in [0.3, 0.4) is 0 Å². The van der Waals surface area contributed by atoms with Crippen LogP contribution >= 0.6 is 0 Å². The summed E-state index contributed by atoms with van der Waals surface area (Å²) in [6.07, 6.45) is 4.19. The van der Waals surface area contributed by atoms with Crippen molar-refractivity contribution in [3.05, 3.63) is 40.6 Å². The fraction of sp³-hybridized carbons (Fsp3) is 0.385. The normalized spacial score (nSPS) is 19.4. The van der Waals surface area contributed by atoms with Crippen LogP contribution < -0.4 is 0 Å². The molecule has 1 saturated heterocycles. The first kappa shape index (κ1) is 11.2. The molecule has 1 unspecified atom stereocenters. The molecule has 0 N–H and O–H groups in total. The van der Waals surface area contributed by atoms with Gasteiger partial charge >= 0.3 is 0 Å². The molecule has 5 nitrogen and oxygen atoms in total. The summed E-state index contributed by atoms with van der Waals surface area (Å²) in [7, 11) is 0. The maximum Gasteiger partial charge on any atom is 0.293 e. The molecule has 0 amide bonds. The fourth-order valence-electron chi connectivity index (χ4n) is 2.55. The van der Waals surface area contributed by atoms with E-state index in [1.807, 2.05) is 22.9 Å². The first-order valence-corrected chi connectivity index (χ1v) is 6.09. The van der Waals surface area contributed by atoms with Gasteiger partial charge in [-0.25, -0.2) is 0 Å². The third kappa shape index (κ3) is 1.86. The van der Waals surface area contributed by atoms with Gasteiger partial charge in [0.05, 0.1) is 11.0 Å². The van der Waals surface area contributed by atoms with Gasteiger partial charge in [-0.1, -0.05) is 12.1 Å². The van der Waals surface area contributed by atoms with Crippen LogP contribution in [0.4, 0.5) is 5.69 Å². The van der Waals surface area contributed by atoms with Gasteiger partial charge in [0.2, 0.25) is 0 Å². The Morgan fingerprint density at radius 3 is 3.06 bits per heavy atom. The maximum absolute atomic E-state index is 11.1. The van der Waals surface area contributed by atoms with Gasteiger partial charge in [0.1, 0.15) is 5.52 Å². The zero-order valence-corrected chi connectivity index (χ0v) is 9.91. The minimum atomic E-state index is -0.325. The summed E-state index contributed by atoms with van der Waals surface area (Å²) < 4.78 is 7.52. The molecule has 0 aliphatic carbocycles. The van der Waals surface area contributed by atoms with Crippen LogP contribution in [0.25, 0.3) is 10.9 Å². The average Bonchev–Trinajstić information content (AvgIpc) is 2.99. The lowest BCUT2D eigenvalue weighted by Gasteiger charge is -2.11. The molecule has 1 aliphatic heterocycles.